The van der Waals surface area contributed by atoms with Crippen LogP contribution >= 0.6 is 0 Å². The molecule has 0 aliphatic heterocycles. The molecule has 0 aliphatic rings. The van der Waals surface area contributed by atoms with Gasteiger partial charge in [0.25, 0.3) is 0 Å². The number of rotatable bonds is 5. The molecule has 2 atom stereocenters. The summed E-state index contributed by atoms with van der Waals surface area (Å²) >= 11 is 0. The van der Waals surface area contributed by atoms with E-state index in [1.165, 1.54) is 6.08 Å². The minimum absolute atomic E-state index is 0. The number of carboxylic acid groups (broad SMARTS) is 1. The number of aliphatic hydroxyl groups excluding tert-OH is 2. The smallest absolute Gasteiger partial charge is 0.547 e. The van der Waals surface area contributed by atoms with E-state index in [1.54, 1.807) is 0 Å². The molecule has 5 heteroatoms. The van der Waals surface area contributed by atoms with Crippen molar-refractivity contribution in [3.63, 3.8) is 0 Å². The average Bonchev–Trinajstić information content (AvgIpc) is 1.98. The quantitative estimate of drug-likeness (QED) is 0.331. The zero-order valence-electron chi connectivity index (χ0n) is 7.06. The summed E-state index contributed by atoms with van der Waals surface area (Å²) in [6, 6.07) is 0. The van der Waals surface area contributed by atoms with Crippen molar-refractivity contribution in [3.05, 3.63) is 12.7 Å². The summed E-state index contributed by atoms with van der Waals surface area (Å²) in [6.07, 6.45) is -0.886. The first-order chi connectivity index (χ1) is 5.09. The fourth-order valence-electron chi connectivity index (χ4n) is 0.604. The predicted octanol–water partition coefficient (Wildman–Crippen LogP) is -4.57. The van der Waals surface area contributed by atoms with Crippen molar-refractivity contribution in [1.82, 2.24) is 0 Å². The van der Waals surface area contributed by atoms with Crippen molar-refractivity contribution in [2.75, 3.05) is 0 Å². The zero-order chi connectivity index (χ0) is 8.85. The zero-order valence-corrected chi connectivity index (χ0v) is 9.06. The summed E-state index contributed by atoms with van der Waals surface area (Å²) in [5.41, 5.74) is 0. The van der Waals surface area contributed by atoms with Crippen molar-refractivity contribution in [2.24, 2.45) is 0 Å². The van der Waals surface area contributed by atoms with Gasteiger partial charge in [-0.1, -0.05) is 6.08 Å². The molecule has 0 bridgehead atoms. The number of carbonyl (C=O) groups is 1. The van der Waals surface area contributed by atoms with Crippen LogP contribution in [0.15, 0.2) is 12.7 Å². The van der Waals surface area contributed by atoms with Gasteiger partial charge in [0.05, 0.1) is 12.1 Å². The molecule has 0 heterocycles. The van der Waals surface area contributed by atoms with Gasteiger partial charge in [0, 0.05) is 0 Å². The molecule has 12 heavy (non-hydrogen) atoms. The van der Waals surface area contributed by atoms with Gasteiger partial charge in [-0.05, 0) is 12.8 Å². The number of aliphatic carboxylic acids is 1. The van der Waals surface area contributed by atoms with Crippen LogP contribution in [0, 0.1) is 0 Å². The summed E-state index contributed by atoms with van der Waals surface area (Å²) < 4.78 is 0. The van der Waals surface area contributed by atoms with Crippen molar-refractivity contribution in [1.29, 1.82) is 0 Å². The summed E-state index contributed by atoms with van der Waals surface area (Å²) in [7, 11) is 0. The van der Waals surface area contributed by atoms with Crippen molar-refractivity contribution >= 4 is 5.97 Å². The van der Waals surface area contributed by atoms with E-state index in [4.69, 9.17) is 10.2 Å². The first-order valence-electron chi connectivity index (χ1n) is 3.27. The van der Waals surface area contributed by atoms with Gasteiger partial charge in [0.15, 0.2) is 0 Å². The summed E-state index contributed by atoms with van der Waals surface area (Å²) in [5, 5.41) is 27.5. The van der Waals surface area contributed by atoms with E-state index in [0.717, 1.165) is 0 Å². The molecule has 0 aromatic carbocycles. The Balaban J connectivity index is 0. The summed E-state index contributed by atoms with van der Waals surface area (Å²) in [4.78, 5) is 9.96. The standard InChI is InChI=1S/C7H12O4.Na/c1-2-3-4-5(8)6(9)7(10)11;/h2,5-6,8-9H,1,3-4H2,(H,10,11);/q;+1/p-1. The Kier molecular flexibility index (Phi) is 9.47. The predicted molar refractivity (Wildman–Crippen MR) is 36.5 cm³/mol. The van der Waals surface area contributed by atoms with Crippen LogP contribution in [0.25, 0.3) is 0 Å². The van der Waals surface area contributed by atoms with Crippen LogP contribution in [0.4, 0.5) is 0 Å². The first-order valence-corrected chi connectivity index (χ1v) is 3.27. The summed E-state index contributed by atoms with van der Waals surface area (Å²) in [6.45, 7) is 3.38. The molecule has 0 spiro atoms. The molecular weight excluding hydrogens is 171 g/mol. The van der Waals surface area contributed by atoms with E-state index in [0.29, 0.717) is 6.42 Å². The number of allylic oxidation sites excluding steroid dienone is 1. The van der Waals surface area contributed by atoms with Gasteiger partial charge in [-0.2, -0.15) is 0 Å². The van der Waals surface area contributed by atoms with E-state index in [9.17, 15) is 9.90 Å². The molecule has 2 unspecified atom stereocenters. The minimum Gasteiger partial charge on any atom is -0.547 e. The second-order valence-corrected chi connectivity index (χ2v) is 2.20. The van der Waals surface area contributed by atoms with Crippen LogP contribution in [-0.2, 0) is 4.79 Å². The van der Waals surface area contributed by atoms with E-state index >= 15 is 0 Å². The number of carbonyl (C=O) groups excluding carboxylic acids is 1. The molecule has 0 aliphatic carbocycles. The fraction of sp³-hybridized carbons (Fsp3) is 0.571. The van der Waals surface area contributed by atoms with Gasteiger partial charge in [-0.25, -0.2) is 0 Å². The van der Waals surface area contributed by atoms with Gasteiger partial charge in [0.1, 0.15) is 6.10 Å². The molecule has 0 radical (unpaired) electrons. The third kappa shape index (κ3) is 5.74. The maximum atomic E-state index is 9.96. The first kappa shape index (κ1) is 14.6. The molecular formula is C7H11NaO4. The molecule has 4 nitrogen and oxygen atoms in total. The topological polar surface area (TPSA) is 80.6 Å². The molecule has 0 fully saturated rings. The molecule has 64 valence electrons. The Morgan fingerprint density at radius 1 is 1.58 bits per heavy atom. The second-order valence-electron chi connectivity index (χ2n) is 2.20. The Morgan fingerprint density at radius 3 is 2.42 bits per heavy atom. The monoisotopic (exact) mass is 182 g/mol. The van der Waals surface area contributed by atoms with Gasteiger partial charge < -0.3 is 20.1 Å². The summed E-state index contributed by atoms with van der Waals surface area (Å²) in [5.74, 6) is -1.65. The Bertz CT molecular complexity index is 148. The van der Waals surface area contributed by atoms with Crippen molar-refractivity contribution < 1.29 is 49.7 Å². The minimum atomic E-state index is -1.80. The van der Waals surface area contributed by atoms with Crippen LogP contribution in [0.1, 0.15) is 12.8 Å². The molecule has 0 aromatic heterocycles. The molecule has 0 saturated carbocycles. The van der Waals surface area contributed by atoms with E-state index < -0.39 is 18.2 Å². The van der Waals surface area contributed by atoms with Crippen LogP contribution in [0.5, 0.6) is 0 Å². The number of carboxylic acids is 1. The Hall–Kier alpha value is 0.130. The van der Waals surface area contributed by atoms with Crippen LogP contribution in [-0.4, -0.2) is 28.4 Å². The van der Waals surface area contributed by atoms with Gasteiger partial charge in [-0.3, -0.25) is 0 Å². The molecule has 0 aromatic rings. The van der Waals surface area contributed by atoms with E-state index in [2.05, 4.69) is 6.58 Å². The average molecular weight is 182 g/mol. The largest absolute Gasteiger partial charge is 1.00 e. The van der Waals surface area contributed by atoms with Gasteiger partial charge in [-0.15, -0.1) is 6.58 Å². The Morgan fingerprint density at radius 2 is 2.08 bits per heavy atom. The van der Waals surface area contributed by atoms with E-state index in [-0.39, 0.29) is 36.0 Å². The third-order valence-corrected chi connectivity index (χ3v) is 1.27. The Labute approximate surface area is 93.2 Å². The van der Waals surface area contributed by atoms with Crippen LogP contribution in [0.3, 0.4) is 0 Å². The maximum Gasteiger partial charge on any atom is 1.00 e. The molecule has 2 N–H and O–H groups in total. The SMILES string of the molecule is C=CCCC(O)C(O)C(=O)[O-].[Na+]. The van der Waals surface area contributed by atoms with Gasteiger partial charge >= 0.3 is 29.6 Å². The maximum absolute atomic E-state index is 9.96. The normalized spacial score (nSPS) is 14.2. The molecule has 0 amide bonds. The number of aliphatic hydroxyl groups is 2. The van der Waals surface area contributed by atoms with E-state index in [1.807, 2.05) is 0 Å². The number of hydrogen-bond donors (Lipinski definition) is 2. The third-order valence-electron chi connectivity index (χ3n) is 1.27. The van der Waals surface area contributed by atoms with Crippen molar-refractivity contribution in [3.8, 4) is 0 Å². The van der Waals surface area contributed by atoms with Crippen molar-refractivity contribution in [2.45, 2.75) is 25.0 Å². The second kappa shape index (κ2) is 7.76. The van der Waals surface area contributed by atoms with Gasteiger partial charge in [0.2, 0.25) is 0 Å². The fourth-order valence-corrected chi connectivity index (χ4v) is 0.604. The molecule has 0 rings (SSSR count). The van der Waals surface area contributed by atoms with Crippen LogP contribution < -0.4 is 34.7 Å². The molecule has 0 saturated heterocycles. The number of hydrogen-bond acceptors (Lipinski definition) is 4. The van der Waals surface area contributed by atoms with Crippen LogP contribution in [0.2, 0.25) is 0 Å².